The van der Waals surface area contributed by atoms with Gasteiger partial charge < -0.3 is 35.2 Å². The molecule has 5 aliphatic rings. The number of hydrogen-bond donors (Lipinski definition) is 6. The summed E-state index contributed by atoms with van der Waals surface area (Å²) in [5.74, 6) is -0.419. The highest BCUT2D eigenvalue weighted by atomic mass is 16.5. The Labute approximate surface area is 300 Å². The minimum absolute atomic E-state index is 0.00861. The van der Waals surface area contributed by atoms with Crippen LogP contribution in [-0.2, 0) is 16.6 Å². The van der Waals surface area contributed by atoms with Gasteiger partial charge >= 0.3 is 0 Å². The van der Waals surface area contributed by atoms with Crippen LogP contribution in [0.1, 0.15) is 98.3 Å². The van der Waals surface area contributed by atoms with E-state index in [1.807, 2.05) is 0 Å². The summed E-state index contributed by atoms with van der Waals surface area (Å²) >= 11 is 0. The second kappa shape index (κ2) is 15.3. The number of phenols is 3. The van der Waals surface area contributed by atoms with E-state index >= 15 is 0 Å². The van der Waals surface area contributed by atoms with Crippen LogP contribution in [0.3, 0.4) is 0 Å². The Hall–Kier alpha value is -4.05. The Kier molecular flexibility index (Phi) is 10.6. The fourth-order valence-electron chi connectivity index (χ4n) is 9.75. The number of hydrogen-bond acceptors (Lipinski definition) is 9. The van der Waals surface area contributed by atoms with Crippen LogP contribution in [0.4, 0.5) is 0 Å². The van der Waals surface area contributed by atoms with Gasteiger partial charge in [0.05, 0.1) is 6.10 Å². The minimum Gasteiger partial charge on any atom is -0.504 e. The number of ketones is 1. The molecule has 1 aliphatic heterocycles. The smallest absolute Gasteiger partial charge is 0.200 e. The lowest BCUT2D eigenvalue weighted by Gasteiger charge is -2.52. The predicted molar refractivity (Wildman–Crippen MR) is 195 cm³/mol. The molecule has 2 fully saturated rings. The number of carbonyl (C=O) groups excluding carboxylic acids is 1. The summed E-state index contributed by atoms with van der Waals surface area (Å²) < 4.78 is 11.9. The van der Waals surface area contributed by atoms with Gasteiger partial charge in [0.2, 0.25) is 5.75 Å². The maximum Gasteiger partial charge on any atom is 0.200 e. The summed E-state index contributed by atoms with van der Waals surface area (Å²) in [6.45, 7) is 1.59. The number of Topliss-reactive ketones (excluding diaryl/α,β-unsaturated/α-hetero) is 1. The summed E-state index contributed by atoms with van der Waals surface area (Å²) in [6, 6.07) is 17.5. The molecule has 0 unspecified atom stereocenters. The van der Waals surface area contributed by atoms with Gasteiger partial charge in [0.1, 0.15) is 18.6 Å². The van der Waals surface area contributed by atoms with E-state index in [2.05, 4.69) is 47.8 Å². The molecule has 1 saturated carbocycles. The van der Waals surface area contributed by atoms with E-state index in [1.54, 1.807) is 18.2 Å². The first-order chi connectivity index (χ1) is 24.8. The molecular weight excluding hydrogens is 644 g/mol. The summed E-state index contributed by atoms with van der Waals surface area (Å²) in [6.07, 6.45) is 11.8. The van der Waals surface area contributed by atoms with Crippen molar-refractivity contribution >= 4 is 5.78 Å². The van der Waals surface area contributed by atoms with Crippen molar-refractivity contribution in [3.63, 3.8) is 0 Å². The van der Waals surface area contributed by atoms with Gasteiger partial charge in [-0.15, -0.1) is 0 Å². The molecule has 4 aliphatic carbocycles. The highest BCUT2D eigenvalue weighted by molar-refractivity contribution is 5.79. The van der Waals surface area contributed by atoms with Crippen LogP contribution in [-0.4, -0.2) is 58.2 Å². The van der Waals surface area contributed by atoms with Crippen molar-refractivity contribution in [2.24, 2.45) is 17.6 Å². The molecular formula is C42H52N2O7. The number of aryl methyl sites for hydroxylation is 1. The Morgan fingerprint density at radius 3 is 2.47 bits per heavy atom. The van der Waals surface area contributed by atoms with E-state index in [0.717, 1.165) is 74.7 Å². The van der Waals surface area contributed by atoms with E-state index in [4.69, 9.17) is 15.2 Å². The molecule has 5 atom stereocenters. The number of allylic oxidation sites excluding steroid dienone is 1. The lowest BCUT2D eigenvalue weighted by molar-refractivity contribution is -0.121. The van der Waals surface area contributed by atoms with Crippen LogP contribution in [0.5, 0.6) is 28.7 Å². The first-order valence-corrected chi connectivity index (χ1v) is 18.8. The Bertz CT molecular complexity index is 1710. The van der Waals surface area contributed by atoms with E-state index < -0.39 is 6.10 Å². The van der Waals surface area contributed by atoms with Crippen LogP contribution in [0, 0.1) is 11.8 Å². The topological polar surface area (TPSA) is 154 Å². The first-order valence-electron chi connectivity index (χ1n) is 18.8. The van der Waals surface area contributed by atoms with Gasteiger partial charge in [-0.2, -0.15) is 0 Å². The van der Waals surface area contributed by atoms with E-state index in [0.29, 0.717) is 12.2 Å². The van der Waals surface area contributed by atoms with Crippen molar-refractivity contribution in [2.45, 2.75) is 100 Å². The van der Waals surface area contributed by atoms with Gasteiger partial charge in [-0.1, -0.05) is 67.8 Å². The molecule has 0 spiro atoms. The standard InChI is InChI=1S/C42H52N2O7/c43-25-50-37-21-26(10-14-34(37)46)9-12-29(45)23-35(47)31-13-11-27-22-33(42(17-5-2-6-18-42)28-7-3-1-4-8-28)39(31)32-24-36(48)40(49)41(38(27)32)51-30-15-19-44-20-16-30/h1,3-4,7-8,10-11,13-14,21,24,27,30-31,33,35,39,44,46-49H,2,5-6,9,12,15-20,22-23,25,43H2/t27-,31+,33-,35+,39+/m1/s1. The minimum atomic E-state index is -0.956. The van der Waals surface area contributed by atoms with Crippen molar-refractivity contribution in [1.82, 2.24) is 5.32 Å². The van der Waals surface area contributed by atoms with Crippen molar-refractivity contribution in [3.05, 3.63) is 89.0 Å². The molecule has 7 N–H and O–H groups in total. The van der Waals surface area contributed by atoms with Gasteiger partial charge in [-0.05, 0) is 104 Å². The predicted octanol–water partition coefficient (Wildman–Crippen LogP) is 6.46. The lowest BCUT2D eigenvalue weighted by atomic mass is 9.52. The molecule has 1 heterocycles. The zero-order valence-corrected chi connectivity index (χ0v) is 29.3. The SMILES string of the molecule is NCOc1cc(CCC(=O)C[C@H](O)[C@@H]2C=C[C@@H]3C[C@@H](C4(c5ccccc5)CCCCC4)[C@@H]2c2cc(O)c(O)c(OC4CCNCC4)c23)ccc1O. The number of piperidine rings is 1. The fraction of sp³-hybridized carbons (Fsp3) is 0.500. The summed E-state index contributed by atoms with van der Waals surface area (Å²) in [4.78, 5) is 13.5. The number of nitrogens with two attached hydrogens (primary N) is 1. The van der Waals surface area contributed by atoms with Crippen molar-refractivity contribution in [3.8, 4) is 28.7 Å². The molecule has 9 nitrogen and oxygen atoms in total. The van der Waals surface area contributed by atoms with E-state index in [-0.39, 0.29) is 83.5 Å². The second-order valence-corrected chi connectivity index (χ2v) is 15.1. The number of fused-ring (bicyclic) bond motifs is 2. The maximum absolute atomic E-state index is 13.5. The fourth-order valence-corrected chi connectivity index (χ4v) is 9.75. The monoisotopic (exact) mass is 696 g/mol. The Balaban J connectivity index is 1.24. The summed E-state index contributed by atoms with van der Waals surface area (Å²) in [7, 11) is 0. The number of aliphatic hydroxyl groups is 1. The Morgan fingerprint density at radius 1 is 0.961 bits per heavy atom. The number of nitrogens with one attached hydrogen (secondary N) is 1. The van der Waals surface area contributed by atoms with Crippen molar-refractivity contribution in [1.29, 1.82) is 0 Å². The van der Waals surface area contributed by atoms with Gasteiger partial charge in [0, 0.05) is 30.2 Å². The third-order valence-electron chi connectivity index (χ3n) is 12.2. The molecule has 1 saturated heterocycles. The third-order valence-corrected chi connectivity index (χ3v) is 12.2. The van der Waals surface area contributed by atoms with Gasteiger partial charge in [0.15, 0.2) is 23.0 Å². The molecule has 272 valence electrons. The molecule has 3 aromatic carbocycles. The molecule has 8 rings (SSSR count). The zero-order valence-electron chi connectivity index (χ0n) is 29.3. The summed E-state index contributed by atoms with van der Waals surface area (Å²) in [5, 5.41) is 48.1. The average Bonchev–Trinajstić information content (AvgIpc) is 3.44. The quantitative estimate of drug-likeness (QED) is 0.0712. The number of rotatable bonds is 12. The number of benzene rings is 3. The van der Waals surface area contributed by atoms with E-state index in [1.165, 1.54) is 18.1 Å². The maximum atomic E-state index is 13.5. The highest BCUT2D eigenvalue weighted by Gasteiger charge is 2.53. The molecule has 0 aromatic heterocycles. The molecule has 51 heavy (non-hydrogen) atoms. The van der Waals surface area contributed by atoms with Crippen LogP contribution in [0.2, 0.25) is 0 Å². The number of ether oxygens (including phenoxy) is 2. The molecule has 0 radical (unpaired) electrons. The zero-order chi connectivity index (χ0) is 35.5. The van der Waals surface area contributed by atoms with Crippen LogP contribution < -0.4 is 20.5 Å². The van der Waals surface area contributed by atoms with Crippen LogP contribution in [0.25, 0.3) is 0 Å². The van der Waals surface area contributed by atoms with Crippen molar-refractivity contribution in [2.75, 3.05) is 19.8 Å². The molecule has 2 bridgehead atoms. The molecule has 3 aromatic rings. The van der Waals surface area contributed by atoms with Gasteiger partial charge in [0.25, 0.3) is 0 Å². The number of carbonyl (C=O) groups is 1. The first kappa shape index (κ1) is 35.4. The Morgan fingerprint density at radius 2 is 1.73 bits per heavy atom. The summed E-state index contributed by atoms with van der Waals surface area (Å²) in [5.41, 5.74) is 9.33. The largest absolute Gasteiger partial charge is 0.504 e. The van der Waals surface area contributed by atoms with Crippen LogP contribution >= 0.6 is 0 Å². The lowest BCUT2D eigenvalue weighted by Crippen LogP contribution is -2.46. The van der Waals surface area contributed by atoms with E-state index in [9.17, 15) is 25.2 Å². The number of aromatic hydroxyl groups is 3. The molecule has 0 amide bonds. The highest BCUT2D eigenvalue weighted by Crippen LogP contribution is 2.63. The number of phenolic OH excluding ortho intramolecular Hbond substituents is 3. The molecule has 9 heteroatoms. The normalized spacial score (nSPS) is 24.7. The van der Waals surface area contributed by atoms with Gasteiger partial charge in [-0.3, -0.25) is 10.5 Å². The van der Waals surface area contributed by atoms with Crippen LogP contribution in [0.15, 0.2) is 66.7 Å². The third kappa shape index (κ3) is 7.08. The van der Waals surface area contributed by atoms with Gasteiger partial charge in [-0.25, -0.2) is 0 Å². The van der Waals surface area contributed by atoms with Crippen molar-refractivity contribution < 1.29 is 34.7 Å². The second-order valence-electron chi connectivity index (χ2n) is 15.1. The number of aliphatic hydroxyl groups excluding tert-OH is 1. The average molecular weight is 697 g/mol.